The molecule has 0 N–H and O–H groups in total. The third kappa shape index (κ3) is 1.74. The minimum Gasteiger partial charge on any atom is -0.0651 e. The molecule has 0 spiro atoms. The van der Waals surface area contributed by atoms with Gasteiger partial charge in [0.1, 0.15) is 0 Å². The second-order valence-electron chi connectivity index (χ2n) is 3.50. The Kier molecular flexibility index (Phi) is 3.24. The summed E-state index contributed by atoms with van der Waals surface area (Å²) in [6, 6.07) is 0. The van der Waals surface area contributed by atoms with Gasteiger partial charge in [-0.25, -0.2) is 0 Å². The highest BCUT2D eigenvalue weighted by molar-refractivity contribution is 4.74. The smallest absolute Gasteiger partial charge is 0.0386 e. The van der Waals surface area contributed by atoms with Crippen molar-refractivity contribution in [3.8, 4) is 0 Å². The van der Waals surface area contributed by atoms with E-state index in [1.165, 1.54) is 38.5 Å². The number of hydrogen-bond donors (Lipinski definition) is 0. The van der Waals surface area contributed by atoms with Crippen LogP contribution in [0.15, 0.2) is 0 Å². The van der Waals surface area contributed by atoms with Crippen molar-refractivity contribution in [1.82, 2.24) is 0 Å². The van der Waals surface area contributed by atoms with Crippen molar-refractivity contribution in [3.63, 3.8) is 0 Å². The minimum atomic E-state index is 0.957. The van der Waals surface area contributed by atoms with Crippen molar-refractivity contribution in [2.24, 2.45) is 11.8 Å². The van der Waals surface area contributed by atoms with Gasteiger partial charge in [0.05, 0.1) is 0 Å². The minimum absolute atomic E-state index is 0.957. The molecule has 0 nitrogen and oxygen atoms in total. The van der Waals surface area contributed by atoms with Gasteiger partial charge in [0, 0.05) is 0 Å². The van der Waals surface area contributed by atoms with E-state index in [0.29, 0.717) is 0 Å². The SMILES string of the molecule is [CH2]CC1CCCCC1CC. The summed E-state index contributed by atoms with van der Waals surface area (Å²) >= 11 is 0. The van der Waals surface area contributed by atoms with Gasteiger partial charge in [0.25, 0.3) is 0 Å². The Morgan fingerprint density at radius 3 is 2.20 bits per heavy atom. The Morgan fingerprint density at radius 1 is 1.20 bits per heavy atom. The molecule has 0 saturated heterocycles. The molecule has 10 heavy (non-hydrogen) atoms. The lowest BCUT2D eigenvalue weighted by Crippen LogP contribution is -2.17. The first-order valence-corrected chi connectivity index (χ1v) is 4.67. The molecular weight excluding hydrogens is 120 g/mol. The van der Waals surface area contributed by atoms with Crippen LogP contribution in [0.25, 0.3) is 0 Å². The van der Waals surface area contributed by atoms with Crippen molar-refractivity contribution >= 4 is 0 Å². The molecule has 1 aliphatic rings. The molecule has 0 aromatic carbocycles. The van der Waals surface area contributed by atoms with Crippen LogP contribution in [-0.4, -0.2) is 0 Å². The van der Waals surface area contributed by atoms with Crippen molar-refractivity contribution < 1.29 is 0 Å². The molecule has 0 aliphatic heterocycles. The first kappa shape index (κ1) is 8.10. The molecular formula is C10H19. The number of hydrogen-bond acceptors (Lipinski definition) is 0. The van der Waals surface area contributed by atoms with Crippen LogP contribution >= 0.6 is 0 Å². The summed E-state index contributed by atoms with van der Waals surface area (Å²) in [4.78, 5) is 0. The zero-order valence-corrected chi connectivity index (χ0v) is 7.10. The fraction of sp³-hybridized carbons (Fsp3) is 0.900. The lowest BCUT2D eigenvalue weighted by Gasteiger charge is -2.29. The van der Waals surface area contributed by atoms with Crippen LogP contribution in [0.2, 0.25) is 0 Å². The number of rotatable bonds is 2. The van der Waals surface area contributed by atoms with Crippen molar-refractivity contribution in [2.45, 2.75) is 45.4 Å². The van der Waals surface area contributed by atoms with E-state index in [4.69, 9.17) is 0 Å². The Balaban J connectivity index is 2.34. The van der Waals surface area contributed by atoms with E-state index in [1.807, 2.05) is 0 Å². The standard InChI is InChI=1S/C10H19/c1-3-9-7-5-6-8-10(9)4-2/h9-10H,1,3-8H2,2H3. The molecule has 2 atom stereocenters. The molecule has 0 heteroatoms. The summed E-state index contributed by atoms with van der Waals surface area (Å²) in [5, 5.41) is 0. The van der Waals surface area contributed by atoms with E-state index < -0.39 is 0 Å². The third-order valence-corrected chi connectivity index (χ3v) is 2.96. The van der Waals surface area contributed by atoms with Crippen LogP contribution in [0.3, 0.4) is 0 Å². The van der Waals surface area contributed by atoms with Gasteiger partial charge in [-0.15, -0.1) is 0 Å². The summed E-state index contributed by atoms with van der Waals surface area (Å²) in [5.41, 5.74) is 0. The first-order valence-electron chi connectivity index (χ1n) is 4.67. The molecule has 0 bridgehead atoms. The molecule has 1 radical (unpaired) electrons. The normalized spacial score (nSPS) is 34.2. The van der Waals surface area contributed by atoms with Crippen LogP contribution < -0.4 is 0 Å². The summed E-state index contributed by atoms with van der Waals surface area (Å²) in [6.07, 6.45) is 8.38. The van der Waals surface area contributed by atoms with Crippen molar-refractivity contribution in [2.75, 3.05) is 0 Å². The zero-order valence-electron chi connectivity index (χ0n) is 7.10. The summed E-state index contributed by atoms with van der Waals surface area (Å²) < 4.78 is 0. The maximum absolute atomic E-state index is 4.01. The molecule has 1 fully saturated rings. The second kappa shape index (κ2) is 4.00. The van der Waals surface area contributed by atoms with E-state index in [2.05, 4.69) is 13.8 Å². The summed E-state index contributed by atoms with van der Waals surface area (Å²) in [5.74, 6) is 1.96. The quantitative estimate of drug-likeness (QED) is 0.550. The topological polar surface area (TPSA) is 0 Å². The predicted octanol–water partition coefficient (Wildman–Crippen LogP) is 3.43. The van der Waals surface area contributed by atoms with Crippen LogP contribution in [0, 0.1) is 18.8 Å². The van der Waals surface area contributed by atoms with Crippen LogP contribution in [0.4, 0.5) is 0 Å². The van der Waals surface area contributed by atoms with E-state index in [9.17, 15) is 0 Å². The second-order valence-corrected chi connectivity index (χ2v) is 3.50. The average molecular weight is 139 g/mol. The van der Waals surface area contributed by atoms with E-state index >= 15 is 0 Å². The maximum atomic E-state index is 4.01. The highest BCUT2D eigenvalue weighted by atomic mass is 14.3. The molecule has 59 valence electrons. The van der Waals surface area contributed by atoms with Crippen LogP contribution in [0.5, 0.6) is 0 Å². The van der Waals surface area contributed by atoms with Crippen molar-refractivity contribution in [3.05, 3.63) is 6.92 Å². The molecule has 1 rings (SSSR count). The Morgan fingerprint density at radius 2 is 1.80 bits per heavy atom. The molecule has 2 unspecified atom stereocenters. The summed E-state index contributed by atoms with van der Waals surface area (Å²) in [6.45, 7) is 6.33. The summed E-state index contributed by atoms with van der Waals surface area (Å²) in [7, 11) is 0. The van der Waals surface area contributed by atoms with Gasteiger partial charge in [-0.2, -0.15) is 0 Å². The average Bonchev–Trinajstić information content (AvgIpc) is 2.04. The van der Waals surface area contributed by atoms with E-state index in [0.717, 1.165) is 11.8 Å². The highest BCUT2D eigenvalue weighted by Gasteiger charge is 2.21. The fourth-order valence-corrected chi connectivity index (χ4v) is 2.20. The predicted molar refractivity (Wildman–Crippen MR) is 45.7 cm³/mol. The van der Waals surface area contributed by atoms with Gasteiger partial charge >= 0.3 is 0 Å². The molecule has 1 aliphatic carbocycles. The molecule has 0 heterocycles. The van der Waals surface area contributed by atoms with Crippen molar-refractivity contribution in [1.29, 1.82) is 0 Å². The Bertz CT molecular complexity index is 74.0. The zero-order chi connectivity index (χ0) is 7.40. The molecule has 0 aromatic rings. The van der Waals surface area contributed by atoms with Gasteiger partial charge in [-0.05, 0) is 11.8 Å². The largest absolute Gasteiger partial charge is 0.0651 e. The van der Waals surface area contributed by atoms with Gasteiger partial charge in [0.2, 0.25) is 0 Å². The van der Waals surface area contributed by atoms with Gasteiger partial charge < -0.3 is 0 Å². The first-order chi connectivity index (χ1) is 4.88. The van der Waals surface area contributed by atoms with Gasteiger partial charge in [0.15, 0.2) is 0 Å². The third-order valence-electron chi connectivity index (χ3n) is 2.96. The Labute approximate surface area is 65.0 Å². The lowest BCUT2D eigenvalue weighted by molar-refractivity contribution is 0.231. The van der Waals surface area contributed by atoms with Gasteiger partial charge in [-0.1, -0.05) is 52.4 Å². The van der Waals surface area contributed by atoms with Crippen LogP contribution in [-0.2, 0) is 0 Å². The van der Waals surface area contributed by atoms with E-state index in [-0.39, 0.29) is 0 Å². The lowest BCUT2D eigenvalue weighted by atomic mass is 9.77. The van der Waals surface area contributed by atoms with E-state index in [1.54, 1.807) is 0 Å². The fourth-order valence-electron chi connectivity index (χ4n) is 2.20. The molecule has 0 amide bonds. The van der Waals surface area contributed by atoms with Gasteiger partial charge in [-0.3, -0.25) is 0 Å². The monoisotopic (exact) mass is 139 g/mol. The molecule has 0 aromatic heterocycles. The maximum Gasteiger partial charge on any atom is -0.0386 e. The Hall–Kier alpha value is 0. The van der Waals surface area contributed by atoms with Crippen LogP contribution in [0.1, 0.15) is 45.4 Å². The highest BCUT2D eigenvalue weighted by Crippen LogP contribution is 2.33. The molecule has 1 saturated carbocycles.